The molecule has 5 heteroatoms. The number of hydrogen-bond acceptors (Lipinski definition) is 3. The Kier molecular flexibility index (Phi) is 5.48. The van der Waals surface area contributed by atoms with Crippen LogP contribution in [0.1, 0.15) is 18.4 Å². The van der Waals surface area contributed by atoms with Gasteiger partial charge in [-0.05, 0) is 37.5 Å². The molecule has 0 atom stereocenters. The van der Waals surface area contributed by atoms with E-state index in [1.54, 1.807) is 19.0 Å². The smallest absolute Gasteiger partial charge is 0.236 e. The molecule has 1 aliphatic heterocycles. The number of rotatable bonds is 4. The van der Waals surface area contributed by atoms with Crippen LogP contribution in [0, 0.1) is 6.92 Å². The number of hydrogen-bond donors (Lipinski definition) is 1. The molecule has 1 aromatic rings. The van der Waals surface area contributed by atoms with Gasteiger partial charge in [0.1, 0.15) is 0 Å². The van der Waals surface area contributed by atoms with Crippen molar-refractivity contribution in [1.29, 1.82) is 0 Å². The second kappa shape index (κ2) is 7.14. The SMILES string of the molecule is Cc1ccc(NC2CCN(CC(=O)N(C)C)CC2)c(Cl)c1. The number of benzene rings is 1. The largest absolute Gasteiger partial charge is 0.381 e. The molecule has 21 heavy (non-hydrogen) atoms. The Balaban J connectivity index is 1.83. The van der Waals surface area contributed by atoms with Crippen molar-refractivity contribution in [3.63, 3.8) is 0 Å². The van der Waals surface area contributed by atoms with Gasteiger partial charge in [0.2, 0.25) is 5.91 Å². The average molecular weight is 310 g/mol. The Bertz CT molecular complexity index is 496. The predicted molar refractivity (Wildman–Crippen MR) is 88.0 cm³/mol. The fourth-order valence-electron chi connectivity index (χ4n) is 2.53. The van der Waals surface area contributed by atoms with E-state index in [9.17, 15) is 4.79 Å². The van der Waals surface area contributed by atoms with E-state index in [1.165, 1.54) is 5.56 Å². The van der Waals surface area contributed by atoms with Crippen LogP contribution in [0.2, 0.25) is 5.02 Å². The third kappa shape index (κ3) is 4.61. The molecule has 2 rings (SSSR count). The van der Waals surface area contributed by atoms with E-state index in [0.717, 1.165) is 36.6 Å². The first-order valence-electron chi connectivity index (χ1n) is 7.41. The molecule has 1 saturated heterocycles. The maximum absolute atomic E-state index is 11.7. The lowest BCUT2D eigenvalue weighted by Crippen LogP contribution is -2.43. The molecular weight excluding hydrogens is 286 g/mol. The Morgan fingerprint density at radius 3 is 2.62 bits per heavy atom. The van der Waals surface area contributed by atoms with Crippen molar-refractivity contribution < 1.29 is 4.79 Å². The molecule has 0 bridgehead atoms. The fourth-order valence-corrected chi connectivity index (χ4v) is 2.81. The quantitative estimate of drug-likeness (QED) is 0.928. The Labute approximate surface area is 132 Å². The third-order valence-electron chi connectivity index (χ3n) is 3.93. The average Bonchev–Trinajstić information content (AvgIpc) is 2.43. The number of likely N-dealkylation sites (N-methyl/N-ethyl adjacent to an activating group) is 1. The summed E-state index contributed by atoms with van der Waals surface area (Å²) in [5.41, 5.74) is 2.17. The van der Waals surface area contributed by atoms with Gasteiger partial charge in [-0.2, -0.15) is 0 Å². The molecule has 0 unspecified atom stereocenters. The normalized spacial score (nSPS) is 16.8. The van der Waals surface area contributed by atoms with Crippen LogP contribution in [0.4, 0.5) is 5.69 Å². The van der Waals surface area contributed by atoms with Crippen LogP contribution < -0.4 is 5.32 Å². The highest BCUT2D eigenvalue weighted by Crippen LogP contribution is 2.25. The van der Waals surface area contributed by atoms with Crippen molar-refractivity contribution in [3.8, 4) is 0 Å². The van der Waals surface area contributed by atoms with E-state index in [2.05, 4.69) is 16.3 Å². The van der Waals surface area contributed by atoms with Crippen LogP contribution >= 0.6 is 11.6 Å². The standard InChI is InChI=1S/C16H24ClN3O/c1-12-4-5-15(14(17)10-12)18-13-6-8-20(9-7-13)11-16(21)19(2)3/h4-5,10,13,18H,6-9,11H2,1-3H3. The molecule has 0 spiro atoms. The Morgan fingerprint density at radius 1 is 1.38 bits per heavy atom. The van der Waals surface area contributed by atoms with Crippen LogP contribution in [0.3, 0.4) is 0 Å². The highest BCUT2D eigenvalue weighted by Gasteiger charge is 2.21. The van der Waals surface area contributed by atoms with Crippen LogP contribution in [0.5, 0.6) is 0 Å². The number of aryl methyl sites for hydroxylation is 1. The highest BCUT2D eigenvalue weighted by atomic mass is 35.5. The summed E-state index contributed by atoms with van der Waals surface area (Å²) >= 11 is 6.26. The van der Waals surface area contributed by atoms with Gasteiger partial charge in [-0.3, -0.25) is 9.69 Å². The minimum Gasteiger partial charge on any atom is -0.381 e. The maximum Gasteiger partial charge on any atom is 0.236 e. The van der Waals surface area contributed by atoms with E-state index >= 15 is 0 Å². The first-order valence-corrected chi connectivity index (χ1v) is 7.78. The zero-order valence-electron chi connectivity index (χ0n) is 13.0. The number of nitrogens with zero attached hydrogens (tertiary/aromatic N) is 2. The lowest BCUT2D eigenvalue weighted by Gasteiger charge is -2.33. The van der Waals surface area contributed by atoms with Crippen molar-refractivity contribution in [2.24, 2.45) is 0 Å². The molecule has 1 fully saturated rings. The summed E-state index contributed by atoms with van der Waals surface area (Å²) in [5, 5.41) is 4.30. The van der Waals surface area contributed by atoms with Crippen molar-refractivity contribution in [1.82, 2.24) is 9.80 Å². The van der Waals surface area contributed by atoms with E-state index in [1.807, 2.05) is 19.1 Å². The molecule has 1 heterocycles. The van der Waals surface area contributed by atoms with Gasteiger partial charge in [-0.25, -0.2) is 0 Å². The molecule has 0 aromatic heterocycles. The lowest BCUT2D eigenvalue weighted by atomic mass is 10.0. The van der Waals surface area contributed by atoms with Crippen molar-refractivity contribution >= 4 is 23.2 Å². The van der Waals surface area contributed by atoms with E-state index < -0.39 is 0 Å². The van der Waals surface area contributed by atoms with Gasteiger partial charge >= 0.3 is 0 Å². The van der Waals surface area contributed by atoms with E-state index in [4.69, 9.17) is 11.6 Å². The molecule has 0 radical (unpaired) electrons. The monoisotopic (exact) mass is 309 g/mol. The molecule has 0 saturated carbocycles. The topological polar surface area (TPSA) is 35.6 Å². The summed E-state index contributed by atoms with van der Waals surface area (Å²) in [4.78, 5) is 15.6. The first-order chi connectivity index (χ1) is 9.95. The lowest BCUT2D eigenvalue weighted by molar-refractivity contribution is -0.130. The Hall–Kier alpha value is -1.26. The zero-order valence-corrected chi connectivity index (χ0v) is 13.8. The summed E-state index contributed by atoms with van der Waals surface area (Å²) < 4.78 is 0. The van der Waals surface area contributed by atoms with E-state index in [-0.39, 0.29) is 5.91 Å². The van der Waals surface area contributed by atoms with Gasteiger partial charge in [0.25, 0.3) is 0 Å². The van der Waals surface area contributed by atoms with Crippen molar-refractivity contribution in [3.05, 3.63) is 28.8 Å². The third-order valence-corrected chi connectivity index (χ3v) is 4.24. The fraction of sp³-hybridized carbons (Fsp3) is 0.562. The molecule has 1 amide bonds. The number of carbonyl (C=O) groups is 1. The van der Waals surface area contributed by atoms with Gasteiger partial charge in [-0.15, -0.1) is 0 Å². The van der Waals surface area contributed by atoms with Crippen LogP contribution in [-0.4, -0.2) is 55.5 Å². The van der Waals surface area contributed by atoms with Crippen molar-refractivity contribution in [2.75, 3.05) is 39.0 Å². The summed E-state index contributed by atoms with van der Waals surface area (Å²) in [5.74, 6) is 0.169. The van der Waals surface area contributed by atoms with Gasteiger partial charge in [0.05, 0.1) is 17.3 Å². The Morgan fingerprint density at radius 2 is 2.05 bits per heavy atom. The number of amides is 1. The number of nitrogens with one attached hydrogen (secondary N) is 1. The predicted octanol–water partition coefficient (Wildman–Crippen LogP) is 2.61. The number of carbonyl (C=O) groups excluding carboxylic acids is 1. The number of anilines is 1. The first kappa shape index (κ1) is 16.1. The molecule has 1 aliphatic rings. The summed E-state index contributed by atoms with van der Waals surface area (Å²) in [6, 6.07) is 6.52. The molecule has 0 aliphatic carbocycles. The highest BCUT2D eigenvalue weighted by molar-refractivity contribution is 6.33. The minimum absolute atomic E-state index is 0.169. The second-order valence-corrected chi connectivity index (χ2v) is 6.37. The van der Waals surface area contributed by atoms with Gasteiger partial charge < -0.3 is 10.2 Å². The minimum atomic E-state index is 0.169. The van der Waals surface area contributed by atoms with Crippen LogP contribution in [0.25, 0.3) is 0 Å². The number of piperidine rings is 1. The van der Waals surface area contributed by atoms with Gasteiger partial charge in [0.15, 0.2) is 0 Å². The number of likely N-dealkylation sites (tertiary alicyclic amines) is 1. The number of halogens is 1. The van der Waals surface area contributed by atoms with E-state index in [0.29, 0.717) is 12.6 Å². The summed E-state index contributed by atoms with van der Waals surface area (Å²) in [6.45, 7) is 4.45. The molecule has 1 aromatic carbocycles. The summed E-state index contributed by atoms with van der Waals surface area (Å²) in [6.07, 6.45) is 2.07. The van der Waals surface area contributed by atoms with Crippen molar-refractivity contribution in [2.45, 2.75) is 25.8 Å². The maximum atomic E-state index is 11.7. The molecule has 116 valence electrons. The van der Waals surface area contributed by atoms with Crippen LogP contribution in [0.15, 0.2) is 18.2 Å². The summed E-state index contributed by atoms with van der Waals surface area (Å²) in [7, 11) is 3.60. The second-order valence-electron chi connectivity index (χ2n) is 5.97. The molecule has 4 nitrogen and oxygen atoms in total. The van der Waals surface area contributed by atoms with Gasteiger partial charge in [-0.1, -0.05) is 17.7 Å². The van der Waals surface area contributed by atoms with Gasteiger partial charge in [0, 0.05) is 33.2 Å². The molecule has 1 N–H and O–H groups in total. The molecular formula is C16H24ClN3O. The van der Waals surface area contributed by atoms with Crippen LogP contribution in [-0.2, 0) is 4.79 Å². The zero-order chi connectivity index (χ0) is 15.4.